The standard InChI is InChI=1S/C26H33N5O2S/c1-3-33-23-11-9-21(10-12-23)25-27-28-26(34)31(25)16-13-24(32)30-15-6-14-29(17-18-30)19-22-8-5-4-7-20(22)2/h4-5,7-12H,3,6,13-19H2,1-2H3,(H,28,34). The van der Waals surface area contributed by atoms with Gasteiger partial charge in [-0.2, -0.15) is 5.10 Å². The molecule has 34 heavy (non-hydrogen) atoms. The zero-order valence-corrected chi connectivity index (χ0v) is 20.8. The number of hydrogen-bond acceptors (Lipinski definition) is 5. The number of hydrogen-bond donors (Lipinski definition) is 1. The third-order valence-electron chi connectivity index (χ3n) is 6.33. The Kier molecular flexibility index (Phi) is 8.13. The summed E-state index contributed by atoms with van der Waals surface area (Å²) in [6.07, 6.45) is 1.38. The molecule has 0 unspecified atom stereocenters. The van der Waals surface area contributed by atoms with Crippen LogP contribution in [0.4, 0.5) is 0 Å². The van der Waals surface area contributed by atoms with Gasteiger partial charge in [0.15, 0.2) is 10.6 Å². The molecule has 0 saturated carbocycles. The van der Waals surface area contributed by atoms with Crippen molar-refractivity contribution in [3.05, 3.63) is 64.4 Å². The van der Waals surface area contributed by atoms with Gasteiger partial charge in [-0.05, 0) is 67.9 Å². The van der Waals surface area contributed by atoms with Gasteiger partial charge in [-0.3, -0.25) is 19.4 Å². The van der Waals surface area contributed by atoms with Gasteiger partial charge >= 0.3 is 0 Å². The van der Waals surface area contributed by atoms with E-state index in [0.717, 1.165) is 56.3 Å². The summed E-state index contributed by atoms with van der Waals surface area (Å²) in [6.45, 7) is 9.63. The van der Waals surface area contributed by atoms with Gasteiger partial charge < -0.3 is 9.64 Å². The number of rotatable bonds is 8. The molecule has 1 aromatic heterocycles. The lowest BCUT2D eigenvalue weighted by Gasteiger charge is -2.23. The summed E-state index contributed by atoms with van der Waals surface area (Å²) < 4.78 is 7.96. The second-order valence-corrected chi connectivity index (χ2v) is 9.04. The zero-order valence-electron chi connectivity index (χ0n) is 20.0. The van der Waals surface area contributed by atoms with Gasteiger partial charge in [-0.25, -0.2) is 0 Å². The topological polar surface area (TPSA) is 66.4 Å². The fourth-order valence-electron chi connectivity index (χ4n) is 4.38. The lowest BCUT2D eigenvalue weighted by molar-refractivity contribution is -0.131. The Bertz CT molecular complexity index is 1150. The zero-order chi connectivity index (χ0) is 23.9. The van der Waals surface area contributed by atoms with Gasteiger partial charge in [0.2, 0.25) is 5.91 Å². The van der Waals surface area contributed by atoms with Crippen molar-refractivity contribution in [3.8, 4) is 17.1 Å². The van der Waals surface area contributed by atoms with Crippen LogP contribution in [0, 0.1) is 11.7 Å². The van der Waals surface area contributed by atoms with Crippen LogP contribution >= 0.6 is 12.2 Å². The van der Waals surface area contributed by atoms with Crippen LogP contribution in [0.2, 0.25) is 0 Å². The normalized spacial score (nSPS) is 14.7. The summed E-state index contributed by atoms with van der Waals surface area (Å²) in [5, 5.41) is 7.27. The molecule has 1 amide bonds. The van der Waals surface area contributed by atoms with Crippen LogP contribution in [0.5, 0.6) is 5.75 Å². The van der Waals surface area contributed by atoms with Gasteiger partial charge in [0.1, 0.15) is 5.75 Å². The number of ether oxygens (including phenoxy) is 1. The second-order valence-electron chi connectivity index (χ2n) is 8.65. The van der Waals surface area contributed by atoms with Gasteiger partial charge in [-0.1, -0.05) is 24.3 Å². The minimum absolute atomic E-state index is 0.165. The van der Waals surface area contributed by atoms with Crippen molar-refractivity contribution in [2.75, 3.05) is 32.8 Å². The van der Waals surface area contributed by atoms with Crippen molar-refractivity contribution in [2.24, 2.45) is 0 Å². The maximum Gasteiger partial charge on any atom is 0.224 e. The molecule has 8 heteroatoms. The first kappa shape index (κ1) is 24.2. The molecule has 1 saturated heterocycles. The van der Waals surface area contributed by atoms with Crippen LogP contribution < -0.4 is 4.74 Å². The van der Waals surface area contributed by atoms with E-state index in [1.54, 1.807) is 0 Å². The fourth-order valence-corrected chi connectivity index (χ4v) is 4.61. The average Bonchev–Trinajstić information content (AvgIpc) is 3.05. The lowest BCUT2D eigenvalue weighted by Crippen LogP contribution is -2.35. The molecule has 1 aliphatic heterocycles. The van der Waals surface area contributed by atoms with E-state index in [2.05, 4.69) is 46.3 Å². The van der Waals surface area contributed by atoms with Gasteiger partial charge in [-0.15, -0.1) is 0 Å². The van der Waals surface area contributed by atoms with Crippen molar-refractivity contribution in [1.82, 2.24) is 24.6 Å². The first-order valence-corrected chi connectivity index (χ1v) is 12.4. The molecule has 2 heterocycles. The van der Waals surface area contributed by atoms with Gasteiger partial charge in [0, 0.05) is 51.3 Å². The summed E-state index contributed by atoms with van der Waals surface area (Å²) in [6, 6.07) is 16.3. The molecule has 0 aliphatic carbocycles. The average molecular weight is 480 g/mol. The number of benzene rings is 2. The Hall–Kier alpha value is -2.97. The Morgan fingerprint density at radius 1 is 1.09 bits per heavy atom. The highest BCUT2D eigenvalue weighted by Crippen LogP contribution is 2.22. The minimum atomic E-state index is 0.165. The predicted octanol–water partition coefficient (Wildman–Crippen LogP) is 4.44. The van der Waals surface area contributed by atoms with Crippen LogP contribution in [0.1, 0.15) is 30.9 Å². The number of carbonyl (C=O) groups excluding carboxylic acids is 1. The molecule has 180 valence electrons. The minimum Gasteiger partial charge on any atom is -0.494 e. The number of nitrogens with one attached hydrogen (secondary N) is 1. The number of aromatic nitrogens is 3. The molecule has 2 aromatic carbocycles. The van der Waals surface area contributed by atoms with E-state index in [1.165, 1.54) is 11.1 Å². The van der Waals surface area contributed by atoms with Crippen LogP contribution in [-0.2, 0) is 17.9 Å². The van der Waals surface area contributed by atoms with Crippen molar-refractivity contribution < 1.29 is 9.53 Å². The van der Waals surface area contributed by atoms with Crippen LogP contribution in [0.25, 0.3) is 11.4 Å². The summed E-state index contributed by atoms with van der Waals surface area (Å²) in [5.74, 6) is 1.72. The molecule has 0 radical (unpaired) electrons. The third-order valence-corrected chi connectivity index (χ3v) is 6.64. The maximum atomic E-state index is 13.1. The third kappa shape index (κ3) is 5.93. The molecule has 0 bridgehead atoms. The Balaban J connectivity index is 1.35. The molecular weight excluding hydrogens is 446 g/mol. The maximum absolute atomic E-state index is 13.1. The highest BCUT2D eigenvalue weighted by atomic mass is 32.1. The quantitative estimate of drug-likeness (QED) is 0.484. The highest BCUT2D eigenvalue weighted by molar-refractivity contribution is 7.71. The molecule has 1 N–H and O–H groups in total. The predicted molar refractivity (Wildman–Crippen MR) is 136 cm³/mol. The number of nitrogens with zero attached hydrogens (tertiary/aromatic N) is 4. The molecule has 4 rings (SSSR count). The van der Waals surface area contributed by atoms with Crippen molar-refractivity contribution in [2.45, 2.75) is 39.8 Å². The van der Waals surface area contributed by atoms with Crippen LogP contribution in [0.3, 0.4) is 0 Å². The van der Waals surface area contributed by atoms with E-state index in [1.807, 2.05) is 40.7 Å². The molecule has 1 fully saturated rings. The van der Waals surface area contributed by atoms with Crippen LogP contribution in [-0.4, -0.2) is 63.3 Å². The highest BCUT2D eigenvalue weighted by Gasteiger charge is 2.20. The first-order valence-electron chi connectivity index (χ1n) is 12.0. The Morgan fingerprint density at radius 2 is 1.88 bits per heavy atom. The van der Waals surface area contributed by atoms with Gasteiger partial charge in [0.25, 0.3) is 0 Å². The number of carbonyl (C=O) groups is 1. The number of aryl methyl sites for hydroxylation is 1. The SMILES string of the molecule is CCOc1ccc(-c2n[nH]c(=S)n2CCC(=O)N2CCCN(Cc3ccccc3C)CC2)cc1. The van der Waals surface area contributed by atoms with E-state index < -0.39 is 0 Å². The number of amides is 1. The largest absolute Gasteiger partial charge is 0.494 e. The molecule has 0 spiro atoms. The smallest absolute Gasteiger partial charge is 0.224 e. The van der Waals surface area contributed by atoms with E-state index >= 15 is 0 Å². The fraction of sp³-hybridized carbons (Fsp3) is 0.423. The van der Waals surface area contributed by atoms with Gasteiger partial charge in [0.05, 0.1) is 6.61 Å². The number of H-pyrrole nitrogens is 1. The second kappa shape index (κ2) is 11.4. The molecular formula is C26H33N5O2S. The molecule has 3 aromatic rings. The first-order chi connectivity index (χ1) is 16.5. The van der Waals surface area contributed by atoms with Crippen molar-refractivity contribution >= 4 is 18.1 Å². The van der Waals surface area contributed by atoms with Crippen LogP contribution in [0.15, 0.2) is 48.5 Å². The Morgan fingerprint density at radius 3 is 2.65 bits per heavy atom. The summed E-state index contributed by atoms with van der Waals surface area (Å²) >= 11 is 5.45. The van der Waals surface area contributed by atoms with E-state index in [9.17, 15) is 4.79 Å². The molecule has 7 nitrogen and oxygen atoms in total. The molecule has 0 atom stereocenters. The van der Waals surface area contributed by atoms with E-state index in [4.69, 9.17) is 17.0 Å². The summed E-state index contributed by atoms with van der Waals surface area (Å²) in [4.78, 5) is 17.5. The summed E-state index contributed by atoms with van der Waals surface area (Å²) in [7, 11) is 0. The van der Waals surface area contributed by atoms with E-state index in [0.29, 0.717) is 24.3 Å². The Labute approximate surface area is 206 Å². The van der Waals surface area contributed by atoms with Crippen molar-refractivity contribution in [3.63, 3.8) is 0 Å². The van der Waals surface area contributed by atoms with E-state index in [-0.39, 0.29) is 5.91 Å². The number of aromatic amines is 1. The lowest BCUT2D eigenvalue weighted by atomic mass is 10.1. The summed E-state index contributed by atoms with van der Waals surface area (Å²) in [5.41, 5.74) is 3.61. The molecule has 1 aliphatic rings. The van der Waals surface area contributed by atoms with Crippen molar-refractivity contribution in [1.29, 1.82) is 0 Å². The monoisotopic (exact) mass is 479 g/mol.